The molecule has 172 valence electrons. The van der Waals surface area contributed by atoms with Crippen molar-refractivity contribution < 1.29 is 14.3 Å². The van der Waals surface area contributed by atoms with Gasteiger partial charge in [0.05, 0.1) is 6.04 Å². The van der Waals surface area contributed by atoms with Crippen LogP contribution in [0.4, 0.5) is 5.69 Å². The van der Waals surface area contributed by atoms with Gasteiger partial charge in [-0.3, -0.25) is 9.59 Å². The van der Waals surface area contributed by atoms with Crippen LogP contribution in [0.15, 0.2) is 60.4 Å². The lowest BCUT2D eigenvalue weighted by Crippen LogP contribution is -2.52. The first-order valence-corrected chi connectivity index (χ1v) is 11.9. The van der Waals surface area contributed by atoms with Crippen LogP contribution in [0.3, 0.4) is 0 Å². The number of hydrogen-bond acceptors (Lipinski definition) is 4. The average Bonchev–Trinajstić information content (AvgIpc) is 2.88. The van der Waals surface area contributed by atoms with Gasteiger partial charge < -0.3 is 19.4 Å². The Bertz CT molecular complexity index is 1030. The lowest BCUT2D eigenvalue weighted by molar-refractivity contribution is -0.145. The highest BCUT2D eigenvalue weighted by molar-refractivity contribution is 5.97. The van der Waals surface area contributed by atoms with E-state index in [1.54, 1.807) is 6.08 Å². The molecule has 2 amide bonds. The third-order valence-corrected chi connectivity index (χ3v) is 7.12. The lowest BCUT2D eigenvalue weighted by atomic mass is 9.90. The molecule has 0 aromatic heterocycles. The predicted octanol–water partition coefficient (Wildman–Crippen LogP) is 3.79. The van der Waals surface area contributed by atoms with Crippen LogP contribution < -0.4 is 4.90 Å². The first-order valence-electron chi connectivity index (χ1n) is 11.9. The number of piperazine rings is 1. The van der Waals surface area contributed by atoms with E-state index in [1.165, 1.54) is 5.69 Å². The molecule has 6 heteroatoms. The molecular formula is C27H31N3O3. The molecule has 2 saturated heterocycles. The van der Waals surface area contributed by atoms with Crippen LogP contribution in [-0.2, 0) is 9.53 Å². The topological polar surface area (TPSA) is 53.1 Å². The SMILES string of the molecule is CN1C(=O)/C(=C\c2ccc(C(=O)N3CCN(c4ccccc4)CC3)cc2)OC2CCCCC21. The summed E-state index contributed by atoms with van der Waals surface area (Å²) >= 11 is 0. The second-order valence-corrected chi connectivity index (χ2v) is 9.17. The number of morpholine rings is 1. The number of para-hydroxylation sites is 1. The van der Waals surface area contributed by atoms with Crippen molar-refractivity contribution in [3.8, 4) is 0 Å². The second-order valence-electron chi connectivity index (χ2n) is 9.17. The van der Waals surface area contributed by atoms with E-state index in [-0.39, 0.29) is 24.0 Å². The summed E-state index contributed by atoms with van der Waals surface area (Å²) in [6.45, 7) is 3.07. The molecule has 3 fully saturated rings. The predicted molar refractivity (Wildman–Crippen MR) is 129 cm³/mol. The van der Waals surface area contributed by atoms with Crippen LogP contribution in [-0.4, -0.2) is 67.0 Å². The van der Waals surface area contributed by atoms with Crippen LogP contribution in [0.2, 0.25) is 0 Å². The molecule has 1 aliphatic carbocycles. The van der Waals surface area contributed by atoms with Gasteiger partial charge in [-0.05, 0) is 55.2 Å². The molecule has 0 bridgehead atoms. The minimum Gasteiger partial charge on any atom is -0.482 e. The number of carbonyl (C=O) groups excluding carboxylic acids is 2. The molecule has 2 unspecified atom stereocenters. The summed E-state index contributed by atoms with van der Waals surface area (Å²) in [7, 11) is 1.88. The summed E-state index contributed by atoms with van der Waals surface area (Å²) in [6.07, 6.45) is 6.19. The van der Waals surface area contributed by atoms with Crippen molar-refractivity contribution in [3.63, 3.8) is 0 Å². The van der Waals surface area contributed by atoms with Gasteiger partial charge >= 0.3 is 0 Å². The molecule has 0 spiro atoms. The number of likely N-dealkylation sites (N-methyl/N-ethyl adjacent to an activating group) is 1. The fourth-order valence-corrected chi connectivity index (χ4v) is 5.15. The molecule has 5 rings (SSSR count). The van der Waals surface area contributed by atoms with Gasteiger partial charge in [0, 0.05) is 44.5 Å². The number of nitrogens with zero attached hydrogens (tertiary/aromatic N) is 3. The Morgan fingerprint density at radius 2 is 1.64 bits per heavy atom. The maximum Gasteiger partial charge on any atom is 0.289 e. The van der Waals surface area contributed by atoms with Gasteiger partial charge in [0.25, 0.3) is 11.8 Å². The van der Waals surface area contributed by atoms with Gasteiger partial charge in [0.2, 0.25) is 0 Å². The molecule has 0 radical (unpaired) electrons. The molecule has 2 heterocycles. The van der Waals surface area contributed by atoms with Crippen LogP contribution in [0.5, 0.6) is 0 Å². The minimum absolute atomic E-state index is 0.0525. The number of rotatable bonds is 3. The van der Waals surface area contributed by atoms with E-state index in [9.17, 15) is 9.59 Å². The van der Waals surface area contributed by atoms with E-state index in [4.69, 9.17) is 4.74 Å². The van der Waals surface area contributed by atoms with Gasteiger partial charge in [-0.1, -0.05) is 36.8 Å². The molecule has 0 N–H and O–H groups in total. The lowest BCUT2D eigenvalue weighted by Gasteiger charge is -2.42. The molecule has 3 aliphatic rings. The van der Waals surface area contributed by atoms with Crippen molar-refractivity contribution in [1.82, 2.24) is 9.80 Å². The second kappa shape index (κ2) is 9.30. The molecule has 2 aromatic rings. The van der Waals surface area contributed by atoms with Gasteiger partial charge in [0.15, 0.2) is 5.76 Å². The number of hydrogen-bond donors (Lipinski definition) is 0. The van der Waals surface area contributed by atoms with E-state index >= 15 is 0 Å². The number of amides is 2. The van der Waals surface area contributed by atoms with Crippen molar-refractivity contribution in [2.45, 2.75) is 37.8 Å². The molecule has 33 heavy (non-hydrogen) atoms. The Labute approximate surface area is 195 Å². The zero-order valence-electron chi connectivity index (χ0n) is 19.2. The van der Waals surface area contributed by atoms with Crippen molar-refractivity contribution in [3.05, 3.63) is 71.5 Å². The van der Waals surface area contributed by atoms with Gasteiger partial charge in [0.1, 0.15) is 6.10 Å². The summed E-state index contributed by atoms with van der Waals surface area (Å²) < 4.78 is 6.09. The summed E-state index contributed by atoms with van der Waals surface area (Å²) in [5.41, 5.74) is 2.74. The minimum atomic E-state index is -0.0606. The highest BCUT2D eigenvalue weighted by Gasteiger charge is 2.39. The van der Waals surface area contributed by atoms with Gasteiger partial charge in [-0.25, -0.2) is 0 Å². The third-order valence-electron chi connectivity index (χ3n) is 7.12. The van der Waals surface area contributed by atoms with E-state index in [1.807, 2.05) is 59.3 Å². The van der Waals surface area contributed by atoms with E-state index < -0.39 is 0 Å². The fourth-order valence-electron chi connectivity index (χ4n) is 5.15. The fraction of sp³-hybridized carbons (Fsp3) is 0.407. The maximum absolute atomic E-state index is 13.0. The summed E-state index contributed by atoms with van der Waals surface area (Å²) in [5, 5.41) is 0. The average molecular weight is 446 g/mol. The monoisotopic (exact) mass is 445 g/mol. The van der Waals surface area contributed by atoms with Crippen molar-refractivity contribution in [2.24, 2.45) is 0 Å². The third kappa shape index (κ3) is 4.47. The maximum atomic E-state index is 13.0. The van der Waals surface area contributed by atoms with Crippen LogP contribution in [0.25, 0.3) is 6.08 Å². The van der Waals surface area contributed by atoms with E-state index in [2.05, 4.69) is 17.0 Å². The van der Waals surface area contributed by atoms with Gasteiger partial charge in [-0.2, -0.15) is 0 Å². The quantitative estimate of drug-likeness (QED) is 0.675. The van der Waals surface area contributed by atoms with Gasteiger partial charge in [-0.15, -0.1) is 0 Å². The largest absolute Gasteiger partial charge is 0.482 e. The molecule has 1 saturated carbocycles. The molecule has 6 nitrogen and oxygen atoms in total. The Morgan fingerprint density at radius 3 is 2.36 bits per heavy atom. The number of fused-ring (bicyclic) bond motifs is 1. The molecule has 2 atom stereocenters. The van der Waals surface area contributed by atoms with Crippen molar-refractivity contribution >= 4 is 23.6 Å². The Morgan fingerprint density at radius 1 is 0.939 bits per heavy atom. The van der Waals surface area contributed by atoms with E-state index in [0.717, 1.165) is 44.3 Å². The van der Waals surface area contributed by atoms with Crippen LogP contribution in [0.1, 0.15) is 41.6 Å². The number of ether oxygens (including phenoxy) is 1. The number of carbonyl (C=O) groups is 2. The van der Waals surface area contributed by atoms with Crippen molar-refractivity contribution in [1.29, 1.82) is 0 Å². The molecule has 2 aliphatic heterocycles. The molecule has 2 aromatic carbocycles. The van der Waals surface area contributed by atoms with Crippen LogP contribution >= 0.6 is 0 Å². The first-order chi connectivity index (χ1) is 16.1. The first kappa shape index (κ1) is 21.6. The smallest absolute Gasteiger partial charge is 0.289 e. The summed E-state index contributed by atoms with van der Waals surface area (Å²) in [6, 6.07) is 18.0. The zero-order chi connectivity index (χ0) is 22.8. The van der Waals surface area contributed by atoms with Crippen molar-refractivity contribution in [2.75, 3.05) is 38.1 Å². The normalized spacial score (nSPS) is 24.5. The number of benzene rings is 2. The summed E-state index contributed by atoms with van der Waals surface area (Å²) in [5.74, 6) is 0.392. The number of anilines is 1. The standard InChI is InChI=1S/C27H31N3O3/c1-28-23-9-5-6-10-24(23)33-25(27(28)32)19-20-11-13-21(14-12-20)26(31)30-17-15-29(16-18-30)22-7-3-2-4-8-22/h2-4,7-8,11-14,19,23-24H,5-6,9-10,15-18H2,1H3/b25-19+. The summed E-state index contributed by atoms with van der Waals surface area (Å²) in [4.78, 5) is 31.8. The van der Waals surface area contributed by atoms with Crippen LogP contribution in [0, 0.1) is 0 Å². The molecular weight excluding hydrogens is 414 g/mol. The van der Waals surface area contributed by atoms with E-state index in [0.29, 0.717) is 24.4 Å². The highest BCUT2D eigenvalue weighted by atomic mass is 16.5. The Balaban J connectivity index is 1.22. The Hall–Kier alpha value is -3.28. The Kier molecular flexibility index (Phi) is 6.07. The zero-order valence-corrected chi connectivity index (χ0v) is 19.2. The highest BCUT2D eigenvalue weighted by Crippen LogP contribution is 2.32.